The molecule has 0 saturated carbocycles. The quantitative estimate of drug-likeness (QED) is 0.581. The van der Waals surface area contributed by atoms with Crippen LogP contribution in [0.5, 0.6) is 0 Å². The van der Waals surface area contributed by atoms with Gasteiger partial charge in [0.05, 0.1) is 0 Å². The maximum absolute atomic E-state index is 5.85. The van der Waals surface area contributed by atoms with Crippen LogP contribution >= 0.6 is 0 Å². The standard InChI is InChI=1S/C20H18O2/c1-11-9-17-15-3-4-16-14(13(15)5-7-19(17)21-11)6-8-20-18(16)10-12(2)22-20/h3-4,9-10H,5-8H2,1-2H3. The second-order valence-corrected chi connectivity index (χ2v) is 6.51. The van der Waals surface area contributed by atoms with Crippen molar-refractivity contribution in [3.05, 3.63) is 58.4 Å². The Kier molecular flexibility index (Phi) is 2.33. The zero-order valence-corrected chi connectivity index (χ0v) is 13.0. The van der Waals surface area contributed by atoms with Crippen molar-refractivity contribution < 1.29 is 8.83 Å². The maximum Gasteiger partial charge on any atom is 0.112 e. The van der Waals surface area contributed by atoms with Gasteiger partial charge in [0, 0.05) is 24.0 Å². The second-order valence-electron chi connectivity index (χ2n) is 6.51. The van der Waals surface area contributed by atoms with Crippen molar-refractivity contribution in [2.45, 2.75) is 39.5 Å². The smallest absolute Gasteiger partial charge is 0.112 e. The molecule has 2 heteroatoms. The lowest BCUT2D eigenvalue weighted by Crippen LogP contribution is -2.10. The molecule has 0 atom stereocenters. The molecule has 0 radical (unpaired) electrons. The molecule has 1 aromatic carbocycles. The Morgan fingerprint density at radius 3 is 1.55 bits per heavy atom. The molecule has 0 fully saturated rings. The minimum absolute atomic E-state index is 1.02. The summed E-state index contributed by atoms with van der Waals surface area (Å²) in [6.45, 7) is 4.08. The van der Waals surface area contributed by atoms with Gasteiger partial charge >= 0.3 is 0 Å². The highest BCUT2D eigenvalue weighted by atomic mass is 16.3. The van der Waals surface area contributed by atoms with Crippen LogP contribution in [0.15, 0.2) is 33.1 Å². The van der Waals surface area contributed by atoms with Crippen molar-refractivity contribution >= 4 is 0 Å². The molecule has 3 aromatic rings. The van der Waals surface area contributed by atoms with E-state index in [0.717, 1.165) is 48.7 Å². The fourth-order valence-electron chi connectivity index (χ4n) is 4.20. The van der Waals surface area contributed by atoms with Crippen molar-refractivity contribution in [3.8, 4) is 22.3 Å². The van der Waals surface area contributed by atoms with E-state index in [-0.39, 0.29) is 0 Å². The zero-order chi connectivity index (χ0) is 14.8. The van der Waals surface area contributed by atoms with Crippen molar-refractivity contribution in [1.29, 1.82) is 0 Å². The Balaban J connectivity index is 1.76. The molecule has 0 bridgehead atoms. The second kappa shape index (κ2) is 4.16. The first-order chi connectivity index (χ1) is 10.7. The summed E-state index contributed by atoms with van der Waals surface area (Å²) in [5.41, 5.74) is 8.40. The summed E-state index contributed by atoms with van der Waals surface area (Å²) >= 11 is 0. The average molecular weight is 290 g/mol. The lowest BCUT2D eigenvalue weighted by molar-refractivity contribution is 0.477. The third-order valence-electron chi connectivity index (χ3n) is 5.08. The molecular weight excluding hydrogens is 272 g/mol. The largest absolute Gasteiger partial charge is 0.466 e. The zero-order valence-electron chi connectivity index (χ0n) is 13.0. The van der Waals surface area contributed by atoms with Crippen LogP contribution in [0, 0.1) is 13.8 Å². The number of furan rings is 2. The van der Waals surface area contributed by atoms with Gasteiger partial charge < -0.3 is 8.83 Å². The summed E-state index contributed by atoms with van der Waals surface area (Å²) < 4.78 is 11.7. The van der Waals surface area contributed by atoms with Crippen LogP contribution in [0.1, 0.15) is 34.2 Å². The summed E-state index contributed by atoms with van der Waals surface area (Å²) in [6.07, 6.45) is 4.21. The number of benzene rings is 1. The molecule has 5 rings (SSSR count). The fourth-order valence-corrected chi connectivity index (χ4v) is 4.20. The average Bonchev–Trinajstić information content (AvgIpc) is 3.07. The summed E-state index contributed by atoms with van der Waals surface area (Å²) in [6, 6.07) is 8.93. The fraction of sp³-hybridized carbons (Fsp3) is 0.300. The van der Waals surface area contributed by atoms with Crippen LogP contribution in [0.3, 0.4) is 0 Å². The van der Waals surface area contributed by atoms with E-state index in [1.54, 1.807) is 0 Å². The highest BCUT2D eigenvalue weighted by Gasteiger charge is 2.27. The number of hydrogen-bond donors (Lipinski definition) is 0. The van der Waals surface area contributed by atoms with Crippen molar-refractivity contribution in [3.63, 3.8) is 0 Å². The molecule has 110 valence electrons. The minimum atomic E-state index is 1.02. The molecule has 2 aliphatic carbocycles. The van der Waals surface area contributed by atoms with E-state index < -0.39 is 0 Å². The Bertz CT molecular complexity index is 833. The lowest BCUT2D eigenvalue weighted by Gasteiger charge is -2.24. The Hall–Kier alpha value is -2.22. The number of aryl methyl sites for hydroxylation is 4. The molecule has 2 aliphatic rings. The molecule has 0 N–H and O–H groups in total. The predicted molar refractivity (Wildman–Crippen MR) is 86.1 cm³/mol. The number of rotatable bonds is 0. The highest BCUT2D eigenvalue weighted by Crippen LogP contribution is 2.44. The number of hydrogen-bond acceptors (Lipinski definition) is 2. The molecule has 0 spiro atoms. The van der Waals surface area contributed by atoms with Crippen LogP contribution in [0.25, 0.3) is 22.3 Å². The van der Waals surface area contributed by atoms with E-state index >= 15 is 0 Å². The SMILES string of the molecule is Cc1cc2c(o1)CCc1c-2ccc2c1CCc1oc(C)cc1-2. The van der Waals surface area contributed by atoms with Crippen LogP contribution in [0.4, 0.5) is 0 Å². The van der Waals surface area contributed by atoms with Gasteiger partial charge in [-0.15, -0.1) is 0 Å². The van der Waals surface area contributed by atoms with Gasteiger partial charge in [-0.05, 0) is 61.1 Å². The molecule has 2 nitrogen and oxygen atoms in total. The molecule has 0 aliphatic heterocycles. The van der Waals surface area contributed by atoms with E-state index in [4.69, 9.17) is 8.83 Å². The molecule has 22 heavy (non-hydrogen) atoms. The molecular formula is C20H18O2. The molecule has 0 saturated heterocycles. The normalized spacial score (nSPS) is 15.0. The van der Waals surface area contributed by atoms with E-state index in [0.29, 0.717) is 0 Å². The first kappa shape index (κ1) is 12.3. The van der Waals surface area contributed by atoms with E-state index in [1.165, 1.54) is 33.4 Å². The first-order valence-corrected chi connectivity index (χ1v) is 8.05. The van der Waals surface area contributed by atoms with Gasteiger partial charge in [0.25, 0.3) is 0 Å². The minimum Gasteiger partial charge on any atom is -0.466 e. The molecule has 2 aromatic heterocycles. The van der Waals surface area contributed by atoms with Crippen LogP contribution in [-0.4, -0.2) is 0 Å². The van der Waals surface area contributed by atoms with Crippen LogP contribution in [-0.2, 0) is 25.7 Å². The van der Waals surface area contributed by atoms with Crippen molar-refractivity contribution in [1.82, 2.24) is 0 Å². The summed E-state index contributed by atoms with van der Waals surface area (Å²) in [4.78, 5) is 0. The first-order valence-electron chi connectivity index (χ1n) is 8.05. The van der Waals surface area contributed by atoms with Gasteiger partial charge in [-0.3, -0.25) is 0 Å². The van der Waals surface area contributed by atoms with Gasteiger partial charge in [0.2, 0.25) is 0 Å². The van der Waals surface area contributed by atoms with Crippen LogP contribution < -0.4 is 0 Å². The molecule has 0 unspecified atom stereocenters. The van der Waals surface area contributed by atoms with Crippen LogP contribution in [0.2, 0.25) is 0 Å². The van der Waals surface area contributed by atoms with Gasteiger partial charge in [-0.2, -0.15) is 0 Å². The predicted octanol–water partition coefficient (Wildman–Crippen LogP) is 5.02. The van der Waals surface area contributed by atoms with Crippen molar-refractivity contribution in [2.75, 3.05) is 0 Å². The summed E-state index contributed by atoms with van der Waals surface area (Å²) in [5, 5.41) is 0. The van der Waals surface area contributed by atoms with Gasteiger partial charge in [0.1, 0.15) is 23.0 Å². The third kappa shape index (κ3) is 1.55. The Morgan fingerprint density at radius 2 is 1.09 bits per heavy atom. The molecule has 0 amide bonds. The molecule has 2 heterocycles. The van der Waals surface area contributed by atoms with E-state index in [2.05, 4.69) is 24.3 Å². The lowest BCUT2D eigenvalue weighted by atomic mass is 9.79. The highest BCUT2D eigenvalue weighted by molar-refractivity contribution is 5.81. The van der Waals surface area contributed by atoms with Gasteiger partial charge in [0.15, 0.2) is 0 Å². The third-order valence-corrected chi connectivity index (χ3v) is 5.08. The maximum atomic E-state index is 5.85. The monoisotopic (exact) mass is 290 g/mol. The van der Waals surface area contributed by atoms with Gasteiger partial charge in [-0.25, -0.2) is 0 Å². The topological polar surface area (TPSA) is 26.3 Å². The summed E-state index contributed by atoms with van der Waals surface area (Å²) in [5.74, 6) is 4.34. The Labute approximate surface area is 129 Å². The van der Waals surface area contributed by atoms with E-state index in [1.807, 2.05) is 13.8 Å². The Morgan fingerprint density at radius 1 is 0.636 bits per heavy atom. The van der Waals surface area contributed by atoms with Gasteiger partial charge in [-0.1, -0.05) is 12.1 Å². The van der Waals surface area contributed by atoms with Crippen molar-refractivity contribution in [2.24, 2.45) is 0 Å². The number of fused-ring (bicyclic) bond motifs is 7. The van der Waals surface area contributed by atoms with E-state index in [9.17, 15) is 0 Å². The summed E-state index contributed by atoms with van der Waals surface area (Å²) in [7, 11) is 0.